The van der Waals surface area contributed by atoms with Gasteiger partial charge in [0.1, 0.15) is 0 Å². The Labute approximate surface area is 182 Å². The van der Waals surface area contributed by atoms with E-state index in [1.165, 1.54) is 43.3 Å². The minimum atomic E-state index is -7.40. The van der Waals surface area contributed by atoms with Gasteiger partial charge in [0.05, 0.1) is 0 Å². The van der Waals surface area contributed by atoms with Crippen LogP contribution in [0.5, 0.6) is 5.88 Å². The lowest BCUT2D eigenvalue weighted by molar-refractivity contribution is -0.382. The van der Waals surface area contributed by atoms with Gasteiger partial charge in [-0.25, -0.2) is 4.98 Å². The lowest BCUT2D eigenvalue weighted by Gasteiger charge is -2.32. The molecule has 0 N–H and O–H groups in total. The zero-order valence-corrected chi connectivity index (χ0v) is 17.7. The summed E-state index contributed by atoms with van der Waals surface area (Å²) in [6.45, 7) is 3.10. The van der Waals surface area contributed by atoms with Crippen LogP contribution >= 0.6 is 0 Å². The standard InChI is InChI=1S/C19H16F9NO3S/c1-3-11-10-13(4-2)29-15(14(11)12-8-6-5-7-9-12)32-33(30,31)19(27,28)17(22,23)16(20,21)18(24,25)26/h5-10H,3-4H2,1-2H3. The van der Waals surface area contributed by atoms with Crippen molar-refractivity contribution in [2.75, 3.05) is 0 Å². The highest BCUT2D eigenvalue weighted by Gasteiger charge is 2.86. The Kier molecular flexibility index (Phi) is 7.04. The number of nitrogens with zero attached hydrogens (tertiary/aromatic N) is 1. The van der Waals surface area contributed by atoms with Gasteiger partial charge in [0.15, 0.2) is 0 Å². The highest BCUT2D eigenvalue weighted by molar-refractivity contribution is 7.88. The number of aromatic nitrogens is 1. The van der Waals surface area contributed by atoms with E-state index in [0.717, 1.165) is 0 Å². The topological polar surface area (TPSA) is 56.3 Å². The largest absolute Gasteiger partial charge is 0.460 e. The number of halogens is 9. The summed E-state index contributed by atoms with van der Waals surface area (Å²) in [7, 11) is -7.12. The SMILES string of the molecule is CCc1cc(CC)c(-c2ccccc2)c(OS(=O)(=O)C(F)(F)C(F)(F)C(F)(F)C(F)(F)F)n1. The molecular formula is C19H16F9NO3S. The van der Waals surface area contributed by atoms with Gasteiger partial charge in [-0.1, -0.05) is 44.2 Å². The van der Waals surface area contributed by atoms with E-state index in [0.29, 0.717) is 0 Å². The Bertz CT molecular complexity index is 1100. The minimum absolute atomic E-state index is 0.0624. The monoisotopic (exact) mass is 509 g/mol. The molecule has 0 aliphatic carbocycles. The van der Waals surface area contributed by atoms with Crippen LogP contribution < -0.4 is 4.18 Å². The Balaban J connectivity index is 2.71. The summed E-state index contributed by atoms with van der Waals surface area (Å²) in [5, 5.41) is -6.98. The average molecular weight is 509 g/mol. The second-order valence-electron chi connectivity index (χ2n) is 6.73. The Morgan fingerprint density at radius 1 is 0.848 bits per heavy atom. The first-order valence-corrected chi connectivity index (χ1v) is 10.6. The fourth-order valence-corrected chi connectivity index (χ4v) is 3.61. The zero-order chi connectivity index (χ0) is 25.5. The fraction of sp³-hybridized carbons (Fsp3) is 0.421. The zero-order valence-electron chi connectivity index (χ0n) is 16.9. The van der Waals surface area contributed by atoms with Gasteiger partial charge in [-0.3, -0.25) is 0 Å². The third-order valence-electron chi connectivity index (χ3n) is 4.55. The fourth-order valence-electron chi connectivity index (χ4n) is 2.74. The summed E-state index contributed by atoms with van der Waals surface area (Å²) >= 11 is 0. The van der Waals surface area contributed by atoms with Crippen LogP contribution in [-0.2, 0) is 23.0 Å². The van der Waals surface area contributed by atoms with Crippen molar-refractivity contribution in [2.24, 2.45) is 0 Å². The molecule has 0 saturated carbocycles. The van der Waals surface area contributed by atoms with Gasteiger partial charge < -0.3 is 4.18 Å². The molecule has 184 valence electrons. The lowest BCUT2D eigenvalue weighted by Crippen LogP contribution is -2.63. The Morgan fingerprint density at radius 3 is 1.85 bits per heavy atom. The van der Waals surface area contributed by atoms with Crippen molar-refractivity contribution in [2.45, 2.75) is 50.0 Å². The average Bonchev–Trinajstić information content (AvgIpc) is 2.72. The third kappa shape index (κ3) is 4.49. The van der Waals surface area contributed by atoms with Crippen LogP contribution in [0.4, 0.5) is 39.5 Å². The normalized spacial score (nSPS) is 13.8. The van der Waals surface area contributed by atoms with E-state index in [4.69, 9.17) is 0 Å². The smallest absolute Gasteiger partial charge is 0.357 e. The summed E-state index contributed by atoms with van der Waals surface area (Å²) in [4.78, 5) is 3.68. The van der Waals surface area contributed by atoms with Crippen molar-refractivity contribution in [3.8, 4) is 17.0 Å². The molecule has 33 heavy (non-hydrogen) atoms. The summed E-state index contributed by atoms with van der Waals surface area (Å²) in [6.07, 6.45) is -6.94. The highest BCUT2D eigenvalue weighted by atomic mass is 32.2. The predicted molar refractivity (Wildman–Crippen MR) is 98.9 cm³/mol. The van der Waals surface area contributed by atoms with Gasteiger partial charge in [-0.2, -0.15) is 47.9 Å². The molecule has 0 amide bonds. The molecule has 2 rings (SSSR count). The number of aryl methyl sites for hydroxylation is 2. The number of hydrogen-bond donors (Lipinski definition) is 0. The third-order valence-corrected chi connectivity index (χ3v) is 5.81. The van der Waals surface area contributed by atoms with Gasteiger partial charge in [0.25, 0.3) is 0 Å². The summed E-state index contributed by atoms with van der Waals surface area (Å²) in [6, 6.07) is 8.62. The quantitative estimate of drug-likeness (QED) is 0.323. The van der Waals surface area contributed by atoms with Crippen molar-refractivity contribution >= 4 is 10.1 Å². The second-order valence-corrected chi connectivity index (χ2v) is 8.31. The molecule has 1 aromatic heterocycles. The molecule has 0 radical (unpaired) electrons. The van der Waals surface area contributed by atoms with Gasteiger partial charge in [-0.05, 0) is 30.0 Å². The first-order chi connectivity index (χ1) is 14.9. The van der Waals surface area contributed by atoms with E-state index in [1.54, 1.807) is 6.92 Å². The molecule has 0 spiro atoms. The molecule has 14 heteroatoms. The van der Waals surface area contributed by atoms with Crippen LogP contribution in [0.15, 0.2) is 36.4 Å². The van der Waals surface area contributed by atoms with Gasteiger partial charge in [0.2, 0.25) is 5.88 Å². The first kappa shape index (κ1) is 26.7. The van der Waals surface area contributed by atoms with Crippen molar-refractivity contribution in [1.29, 1.82) is 0 Å². The Morgan fingerprint density at radius 2 is 1.39 bits per heavy atom. The van der Waals surface area contributed by atoms with E-state index >= 15 is 0 Å². The van der Waals surface area contributed by atoms with Crippen molar-refractivity contribution in [1.82, 2.24) is 4.98 Å². The van der Waals surface area contributed by atoms with Crippen molar-refractivity contribution < 1.29 is 52.1 Å². The van der Waals surface area contributed by atoms with Crippen LogP contribution in [0, 0.1) is 0 Å². The molecule has 0 aliphatic heterocycles. The van der Waals surface area contributed by atoms with Crippen LogP contribution in [0.25, 0.3) is 11.1 Å². The number of pyridine rings is 1. The van der Waals surface area contributed by atoms with Crippen LogP contribution in [-0.4, -0.2) is 36.7 Å². The molecule has 0 saturated heterocycles. The maximum atomic E-state index is 14.1. The van der Waals surface area contributed by atoms with E-state index in [1.807, 2.05) is 0 Å². The van der Waals surface area contributed by atoms with Gasteiger partial charge in [0, 0.05) is 11.3 Å². The molecule has 4 nitrogen and oxygen atoms in total. The molecule has 2 aromatic rings. The van der Waals surface area contributed by atoms with E-state index in [9.17, 15) is 47.9 Å². The molecule has 1 aromatic carbocycles. The molecule has 0 aliphatic rings. The summed E-state index contributed by atoms with van der Waals surface area (Å²) < 4.78 is 147. The molecule has 1 heterocycles. The Hall–Kier alpha value is -2.51. The number of rotatable bonds is 8. The maximum absolute atomic E-state index is 14.1. The summed E-state index contributed by atoms with van der Waals surface area (Å²) in [5.74, 6) is -16.0. The van der Waals surface area contributed by atoms with Crippen molar-refractivity contribution in [3.05, 3.63) is 47.7 Å². The maximum Gasteiger partial charge on any atom is 0.460 e. The number of alkyl halides is 9. The van der Waals surface area contributed by atoms with Crippen LogP contribution in [0.3, 0.4) is 0 Å². The first-order valence-electron chi connectivity index (χ1n) is 9.17. The molecule has 0 fully saturated rings. The lowest BCUT2D eigenvalue weighted by atomic mass is 9.98. The van der Waals surface area contributed by atoms with E-state index in [-0.39, 0.29) is 35.2 Å². The molecule has 0 bridgehead atoms. The minimum Gasteiger partial charge on any atom is -0.357 e. The predicted octanol–water partition coefficient (Wildman–Crippen LogP) is 6.01. The van der Waals surface area contributed by atoms with Gasteiger partial charge in [-0.15, -0.1) is 0 Å². The number of benzene rings is 1. The number of hydrogen-bond acceptors (Lipinski definition) is 4. The van der Waals surface area contributed by atoms with Crippen LogP contribution in [0.2, 0.25) is 0 Å². The molecular weight excluding hydrogens is 493 g/mol. The van der Waals surface area contributed by atoms with E-state index in [2.05, 4.69) is 9.17 Å². The van der Waals surface area contributed by atoms with Gasteiger partial charge >= 0.3 is 33.4 Å². The highest BCUT2D eigenvalue weighted by Crippen LogP contribution is 2.55. The molecule has 0 unspecified atom stereocenters. The summed E-state index contributed by atoms with van der Waals surface area (Å²) in [5.41, 5.74) is 0.243. The molecule has 0 atom stereocenters. The van der Waals surface area contributed by atoms with Crippen molar-refractivity contribution in [3.63, 3.8) is 0 Å². The second kappa shape index (κ2) is 8.69. The van der Waals surface area contributed by atoms with E-state index < -0.39 is 39.3 Å². The van der Waals surface area contributed by atoms with Crippen LogP contribution in [0.1, 0.15) is 25.1 Å².